The van der Waals surface area contributed by atoms with Crippen molar-refractivity contribution in [2.45, 2.75) is 12.6 Å². The fourth-order valence-corrected chi connectivity index (χ4v) is 3.22. The largest absolute Gasteiger partial charge is 0.494 e. The van der Waals surface area contributed by atoms with E-state index in [1.807, 2.05) is 0 Å². The van der Waals surface area contributed by atoms with Crippen LogP contribution < -0.4 is 4.74 Å². The van der Waals surface area contributed by atoms with Crippen molar-refractivity contribution in [3.05, 3.63) is 65.0 Å². The zero-order chi connectivity index (χ0) is 19.6. The summed E-state index contributed by atoms with van der Waals surface area (Å²) in [5, 5.41) is 10.3. The van der Waals surface area contributed by atoms with E-state index >= 15 is 0 Å². The molecule has 1 heterocycles. The number of β-amino-alcohol motifs (C(OH)–C–C–N with tert-alkyl or cyclic N) is 1. The third kappa shape index (κ3) is 3.99. The lowest BCUT2D eigenvalue weighted by atomic mass is 10.1. The van der Waals surface area contributed by atoms with Crippen molar-refractivity contribution in [1.29, 1.82) is 0 Å². The molecule has 2 amide bonds. The zero-order valence-corrected chi connectivity index (χ0v) is 15.2. The summed E-state index contributed by atoms with van der Waals surface area (Å²) in [5.74, 6) is -1.06. The van der Waals surface area contributed by atoms with Crippen LogP contribution in [0.1, 0.15) is 26.3 Å². The third-order valence-corrected chi connectivity index (χ3v) is 4.46. The maximum Gasteiger partial charge on any atom is 0.261 e. The van der Waals surface area contributed by atoms with Crippen LogP contribution in [-0.4, -0.2) is 60.1 Å². The van der Waals surface area contributed by atoms with Crippen molar-refractivity contribution in [3.8, 4) is 5.75 Å². The van der Waals surface area contributed by atoms with Gasteiger partial charge in [0.2, 0.25) is 0 Å². The lowest BCUT2D eigenvalue weighted by molar-refractivity contribution is 0.0488. The monoisotopic (exact) mass is 372 g/mol. The Labute approximate surface area is 156 Å². The smallest absolute Gasteiger partial charge is 0.261 e. The summed E-state index contributed by atoms with van der Waals surface area (Å²) in [6, 6.07) is 11.3. The van der Waals surface area contributed by atoms with E-state index in [1.54, 1.807) is 48.3 Å². The molecule has 3 rings (SSSR count). The normalized spacial score (nSPS) is 14.6. The van der Waals surface area contributed by atoms with Crippen molar-refractivity contribution in [1.82, 2.24) is 9.80 Å². The van der Waals surface area contributed by atoms with Gasteiger partial charge < -0.3 is 9.84 Å². The fraction of sp³-hybridized carbons (Fsp3) is 0.300. The number of benzene rings is 2. The molecule has 0 bridgehead atoms. The van der Waals surface area contributed by atoms with Gasteiger partial charge in [-0.25, -0.2) is 4.39 Å². The number of halogens is 1. The van der Waals surface area contributed by atoms with Crippen LogP contribution in [0, 0.1) is 5.82 Å². The first-order valence-electron chi connectivity index (χ1n) is 8.55. The van der Waals surface area contributed by atoms with Crippen LogP contribution in [-0.2, 0) is 6.54 Å². The number of aliphatic hydroxyl groups excluding tert-OH is 1. The number of carbonyl (C=O) groups excluding carboxylic acids is 2. The minimum atomic E-state index is -0.916. The van der Waals surface area contributed by atoms with E-state index in [0.717, 1.165) is 10.5 Å². The Morgan fingerprint density at radius 3 is 2.33 bits per heavy atom. The lowest BCUT2D eigenvalue weighted by Crippen LogP contribution is -2.41. The number of amides is 2. The van der Waals surface area contributed by atoms with Gasteiger partial charge in [-0.3, -0.25) is 19.4 Å². The highest BCUT2D eigenvalue weighted by molar-refractivity contribution is 6.21. The number of ether oxygens (including phenoxy) is 1. The Morgan fingerprint density at radius 2 is 1.78 bits per heavy atom. The van der Waals surface area contributed by atoms with Gasteiger partial charge in [-0.15, -0.1) is 0 Å². The van der Waals surface area contributed by atoms with Crippen molar-refractivity contribution in [2.75, 3.05) is 27.2 Å². The zero-order valence-electron chi connectivity index (χ0n) is 15.2. The number of likely N-dealkylation sites (N-methyl/N-ethyl adjacent to an activating group) is 1. The second kappa shape index (κ2) is 7.85. The van der Waals surface area contributed by atoms with Crippen molar-refractivity contribution in [2.24, 2.45) is 0 Å². The minimum Gasteiger partial charge on any atom is -0.494 e. The number of imide groups is 1. The van der Waals surface area contributed by atoms with Crippen molar-refractivity contribution < 1.29 is 23.8 Å². The van der Waals surface area contributed by atoms with Crippen molar-refractivity contribution >= 4 is 11.8 Å². The van der Waals surface area contributed by atoms with Gasteiger partial charge >= 0.3 is 0 Å². The van der Waals surface area contributed by atoms with Gasteiger partial charge in [0.05, 0.1) is 30.9 Å². The molecule has 27 heavy (non-hydrogen) atoms. The Bertz CT molecular complexity index is 836. The number of carbonyl (C=O) groups is 2. The Balaban J connectivity index is 1.58. The molecule has 7 heteroatoms. The molecule has 1 aliphatic heterocycles. The molecule has 1 unspecified atom stereocenters. The molecule has 1 aliphatic rings. The average molecular weight is 372 g/mol. The van der Waals surface area contributed by atoms with Crippen LogP contribution in [0.25, 0.3) is 0 Å². The van der Waals surface area contributed by atoms with Gasteiger partial charge in [-0.2, -0.15) is 0 Å². The Hall–Kier alpha value is -2.77. The number of hydrogen-bond acceptors (Lipinski definition) is 5. The predicted octanol–water partition coefficient (Wildman–Crippen LogP) is 1.92. The van der Waals surface area contributed by atoms with Crippen LogP contribution in [0.2, 0.25) is 0 Å². The van der Waals surface area contributed by atoms with Gasteiger partial charge in [0.25, 0.3) is 11.8 Å². The Kier molecular flexibility index (Phi) is 5.53. The molecule has 2 aromatic carbocycles. The topological polar surface area (TPSA) is 70.1 Å². The quantitative estimate of drug-likeness (QED) is 0.752. The number of nitrogens with zero attached hydrogens (tertiary/aromatic N) is 2. The van der Waals surface area contributed by atoms with Crippen LogP contribution in [0.15, 0.2) is 42.5 Å². The molecule has 0 radical (unpaired) electrons. The highest BCUT2D eigenvalue weighted by Gasteiger charge is 2.36. The summed E-state index contributed by atoms with van der Waals surface area (Å²) >= 11 is 0. The molecule has 1 N–H and O–H groups in total. The summed E-state index contributed by atoms with van der Waals surface area (Å²) in [6.45, 7) is 0.537. The van der Waals surface area contributed by atoms with Crippen molar-refractivity contribution in [3.63, 3.8) is 0 Å². The summed E-state index contributed by atoms with van der Waals surface area (Å²) < 4.78 is 18.7. The van der Waals surface area contributed by atoms with E-state index in [1.165, 1.54) is 13.2 Å². The molecule has 1 atom stereocenters. The molecule has 142 valence electrons. The SMILES string of the molecule is COc1ccc(CN(C)CC(O)CN2C(=O)c3ccccc3C2=O)cc1F. The second-order valence-electron chi connectivity index (χ2n) is 6.59. The van der Waals surface area contributed by atoms with Gasteiger partial charge in [-0.05, 0) is 36.9 Å². The summed E-state index contributed by atoms with van der Waals surface area (Å²) in [7, 11) is 3.17. The van der Waals surface area contributed by atoms with Gasteiger partial charge in [-0.1, -0.05) is 18.2 Å². The summed E-state index contributed by atoms with van der Waals surface area (Å²) in [4.78, 5) is 27.5. The summed E-state index contributed by atoms with van der Waals surface area (Å²) in [5.41, 5.74) is 1.44. The molecule has 2 aromatic rings. The number of aliphatic hydroxyl groups is 1. The Morgan fingerprint density at radius 1 is 1.15 bits per heavy atom. The first kappa shape index (κ1) is 19.0. The van der Waals surface area contributed by atoms with E-state index in [-0.39, 0.29) is 18.8 Å². The second-order valence-corrected chi connectivity index (χ2v) is 6.59. The highest BCUT2D eigenvalue weighted by atomic mass is 19.1. The molecule has 0 aliphatic carbocycles. The fourth-order valence-electron chi connectivity index (χ4n) is 3.22. The van der Waals surface area contributed by atoms with Crippen LogP contribution >= 0.6 is 0 Å². The molecular formula is C20H21FN2O4. The molecular weight excluding hydrogens is 351 g/mol. The van der Waals surface area contributed by atoms with Crippen LogP contribution in [0.5, 0.6) is 5.75 Å². The maximum atomic E-state index is 13.8. The molecule has 0 saturated heterocycles. The number of methoxy groups -OCH3 is 1. The first-order chi connectivity index (χ1) is 12.9. The summed E-state index contributed by atoms with van der Waals surface area (Å²) in [6.07, 6.45) is -0.916. The van der Waals surface area contributed by atoms with E-state index in [4.69, 9.17) is 4.74 Å². The van der Waals surface area contributed by atoms with Gasteiger partial charge in [0, 0.05) is 13.1 Å². The maximum absolute atomic E-state index is 13.8. The number of fused-ring (bicyclic) bond motifs is 1. The predicted molar refractivity (Wildman–Crippen MR) is 97.1 cm³/mol. The van der Waals surface area contributed by atoms with Gasteiger partial charge in [0.15, 0.2) is 11.6 Å². The van der Waals surface area contributed by atoms with E-state index in [9.17, 15) is 19.1 Å². The number of hydrogen-bond donors (Lipinski definition) is 1. The minimum absolute atomic E-state index is 0.0896. The first-order valence-corrected chi connectivity index (χ1v) is 8.55. The standard InChI is InChI=1S/C20H21FN2O4/c1-22(10-13-7-8-18(27-2)17(21)9-13)11-14(24)12-23-19(25)15-5-3-4-6-16(15)20(23)26/h3-9,14,24H,10-12H2,1-2H3. The molecule has 0 fully saturated rings. The number of rotatable bonds is 7. The molecule has 0 spiro atoms. The van der Waals surface area contributed by atoms with E-state index in [0.29, 0.717) is 17.7 Å². The van der Waals surface area contributed by atoms with Crippen LogP contribution in [0.4, 0.5) is 4.39 Å². The van der Waals surface area contributed by atoms with E-state index < -0.39 is 23.7 Å². The molecule has 0 aromatic heterocycles. The molecule has 6 nitrogen and oxygen atoms in total. The average Bonchev–Trinajstić information content (AvgIpc) is 2.87. The highest BCUT2D eigenvalue weighted by Crippen LogP contribution is 2.23. The lowest BCUT2D eigenvalue weighted by Gasteiger charge is -2.23. The molecule has 0 saturated carbocycles. The van der Waals surface area contributed by atoms with Gasteiger partial charge in [0.1, 0.15) is 0 Å². The van der Waals surface area contributed by atoms with Crippen LogP contribution in [0.3, 0.4) is 0 Å². The van der Waals surface area contributed by atoms with E-state index in [2.05, 4.69) is 0 Å². The third-order valence-electron chi connectivity index (χ3n) is 4.46.